The lowest BCUT2D eigenvalue weighted by Crippen LogP contribution is -2.32. The largest absolute Gasteiger partial charge is 0.383 e. The molecule has 1 aromatic carbocycles. The van der Waals surface area contributed by atoms with Crippen LogP contribution in [0.15, 0.2) is 24.3 Å². The van der Waals surface area contributed by atoms with Gasteiger partial charge in [0.25, 0.3) is 0 Å². The number of carbonyl (C=O) groups excluding carboxylic acids is 1. The van der Waals surface area contributed by atoms with Gasteiger partial charge in [0.2, 0.25) is 0 Å². The maximum atomic E-state index is 11.5. The highest BCUT2D eigenvalue weighted by Crippen LogP contribution is 2.12. The number of carbonyl (C=O) groups is 1. The van der Waals surface area contributed by atoms with Gasteiger partial charge in [-0.2, -0.15) is 0 Å². The molecule has 0 aliphatic carbocycles. The van der Waals surface area contributed by atoms with Gasteiger partial charge in [0, 0.05) is 6.42 Å². The zero-order chi connectivity index (χ0) is 10.8. The Balaban J connectivity index is 2.80. The minimum absolute atomic E-state index is 0.146. The highest BCUT2D eigenvalue weighted by Gasteiger charge is 2.23. The maximum absolute atomic E-state index is 11.5. The molecule has 76 valence electrons. The molecule has 0 bridgehead atoms. The molecule has 0 amide bonds. The van der Waals surface area contributed by atoms with Crippen LogP contribution in [0.5, 0.6) is 0 Å². The molecule has 0 atom stereocenters. The third-order valence-corrected chi connectivity index (χ3v) is 2.29. The fourth-order valence-corrected chi connectivity index (χ4v) is 1.20. The minimum atomic E-state index is -1.23. The molecule has 0 saturated carbocycles. The molecule has 0 radical (unpaired) electrons. The van der Waals surface area contributed by atoms with Gasteiger partial charge in [-0.1, -0.05) is 24.3 Å². The Hall–Kier alpha value is -1.15. The molecule has 0 aliphatic rings. The average Bonchev–Trinajstić information content (AvgIpc) is 2.07. The van der Waals surface area contributed by atoms with Gasteiger partial charge in [-0.25, -0.2) is 0 Å². The Bertz CT molecular complexity index is 334. The molecule has 0 heterocycles. The van der Waals surface area contributed by atoms with Crippen molar-refractivity contribution in [2.24, 2.45) is 0 Å². The van der Waals surface area contributed by atoms with E-state index in [1.54, 1.807) is 0 Å². The van der Waals surface area contributed by atoms with Crippen molar-refractivity contribution >= 4 is 5.78 Å². The van der Waals surface area contributed by atoms with E-state index in [1.165, 1.54) is 13.8 Å². The molecular formula is C12H16O2. The number of hydrogen-bond donors (Lipinski definition) is 1. The van der Waals surface area contributed by atoms with Gasteiger partial charge >= 0.3 is 0 Å². The summed E-state index contributed by atoms with van der Waals surface area (Å²) in [5.41, 5.74) is 0.840. The predicted molar refractivity (Wildman–Crippen MR) is 56.2 cm³/mol. The Labute approximate surface area is 84.6 Å². The van der Waals surface area contributed by atoms with Crippen LogP contribution < -0.4 is 0 Å². The van der Waals surface area contributed by atoms with Crippen LogP contribution in [0.3, 0.4) is 0 Å². The van der Waals surface area contributed by atoms with Gasteiger partial charge in [0.05, 0.1) is 0 Å². The highest BCUT2D eigenvalue weighted by molar-refractivity contribution is 5.88. The fourth-order valence-electron chi connectivity index (χ4n) is 1.20. The van der Waals surface area contributed by atoms with E-state index in [1.807, 2.05) is 31.2 Å². The summed E-state index contributed by atoms with van der Waals surface area (Å²) < 4.78 is 0. The molecule has 0 saturated heterocycles. The number of rotatable bonds is 3. The van der Waals surface area contributed by atoms with E-state index >= 15 is 0 Å². The smallest absolute Gasteiger partial charge is 0.168 e. The summed E-state index contributed by atoms with van der Waals surface area (Å²) in [6, 6.07) is 7.72. The average molecular weight is 192 g/mol. The molecule has 14 heavy (non-hydrogen) atoms. The summed E-state index contributed by atoms with van der Waals surface area (Å²) in [5.74, 6) is -0.146. The highest BCUT2D eigenvalue weighted by atomic mass is 16.3. The van der Waals surface area contributed by atoms with E-state index in [4.69, 9.17) is 0 Å². The van der Waals surface area contributed by atoms with Crippen LogP contribution in [-0.2, 0) is 11.2 Å². The first kappa shape index (κ1) is 10.9. The standard InChI is InChI=1S/C12H16O2/c1-9-6-4-5-7-10(9)8-11(13)12(2,3)14/h4-7,14H,8H2,1-3H3. The zero-order valence-electron chi connectivity index (χ0n) is 8.87. The monoisotopic (exact) mass is 192 g/mol. The minimum Gasteiger partial charge on any atom is -0.383 e. The molecule has 0 unspecified atom stereocenters. The number of Topliss-reactive ketones (excluding diaryl/α,β-unsaturated/α-hetero) is 1. The van der Waals surface area contributed by atoms with Crippen LogP contribution in [0.25, 0.3) is 0 Å². The van der Waals surface area contributed by atoms with E-state index in [-0.39, 0.29) is 5.78 Å². The molecule has 0 aromatic heterocycles. The molecule has 0 fully saturated rings. The molecule has 2 nitrogen and oxygen atoms in total. The van der Waals surface area contributed by atoms with Gasteiger partial charge in [-0.3, -0.25) is 4.79 Å². The van der Waals surface area contributed by atoms with Crippen LogP contribution in [0.2, 0.25) is 0 Å². The van der Waals surface area contributed by atoms with Crippen molar-refractivity contribution in [2.45, 2.75) is 32.8 Å². The first-order chi connectivity index (χ1) is 6.41. The lowest BCUT2D eigenvalue weighted by Gasteiger charge is -2.16. The SMILES string of the molecule is Cc1ccccc1CC(=O)C(C)(C)O. The summed E-state index contributed by atoms with van der Waals surface area (Å²) in [6.45, 7) is 5.01. The van der Waals surface area contributed by atoms with E-state index in [0.29, 0.717) is 6.42 Å². The number of aliphatic hydroxyl groups is 1. The lowest BCUT2D eigenvalue weighted by molar-refractivity contribution is -0.133. The first-order valence-electron chi connectivity index (χ1n) is 4.71. The summed E-state index contributed by atoms with van der Waals surface area (Å²) in [5, 5.41) is 9.49. The fraction of sp³-hybridized carbons (Fsp3) is 0.417. The molecule has 2 heteroatoms. The molecule has 1 aromatic rings. The van der Waals surface area contributed by atoms with E-state index in [0.717, 1.165) is 11.1 Å². The third kappa shape index (κ3) is 2.67. The Morgan fingerprint density at radius 3 is 2.43 bits per heavy atom. The van der Waals surface area contributed by atoms with Crippen LogP contribution >= 0.6 is 0 Å². The second-order valence-corrected chi connectivity index (χ2v) is 4.09. The maximum Gasteiger partial charge on any atom is 0.168 e. The topological polar surface area (TPSA) is 37.3 Å². The zero-order valence-corrected chi connectivity index (χ0v) is 8.87. The Morgan fingerprint density at radius 2 is 1.93 bits per heavy atom. The normalized spacial score (nSPS) is 11.4. The van der Waals surface area contributed by atoms with Crippen LogP contribution in [0.1, 0.15) is 25.0 Å². The number of hydrogen-bond acceptors (Lipinski definition) is 2. The summed E-state index contributed by atoms with van der Waals surface area (Å²) in [4.78, 5) is 11.5. The van der Waals surface area contributed by atoms with E-state index in [9.17, 15) is 9.90 Å². The second-order valence-electron chi connectivity index (χ2n) is 4.09. The summed E-state index contributed by atoms with van der Waals surface area (Å²) in [7, 11) is 0. The predicted octanol–water partition coefficient (Wildman–Crippen LogP) is 1.88. The molecule has 1 N–H and O–H groups in total. The van der Waals surface area contributed by atoms with Crippen LogP contribution in [-0.4, -0.2) is 16.5 Å². The van der Waals surface area contributed by atoms with Gasteiger partial charge in [0.15, 0.2) is 5.78 Å². The van der Waals surface area contributed by atoms with Crippen molar-refractivity contribution in [3.63, 3.8) is 0 Å². The van der Waals surface area contributed by atoms with Crippen molar-refractivity contribution in [3.05, 3.63) is 35.4 Å². The number of benzene rings is 1. The van der Waals surface area contributed by atoms with Crippen molar-refractivity contribution in [1.29, 1.82) is 0 Å². The van der Waals surface area contributed by atoms with Gasteiger partial charge in [-0.15, -0.1) is 0 Å². The molecule has 0 aliphatic heterocycles. The third-order valence-electron chi connectivity index (χ3n) is 2.29. The second kappa shape index (κ2) is 3.93. The summed E-state index contributed by atoms with van der Waals surface area (Å²) in [6.07, 6.45) is 0.302. The Kier molecular flexibility index (Phi) is 3.06. The van der Waals surface area contributed by atoms with Crippen molar-refractivity contribution in [1.82, 2.24) is 0 Å². The van der Waals surface area contributed by atoms with Crippen molar-refractivity contribution < 1.29 is 9.90 Å². The van der Waals surface area contributed by atoms with Crippen molar-refractivity contribution in [2.75, 3.05) is 0 Å². The van der Waals surface area contributed by atoms with Gasteiger partial charge in [0.1, 0.15) is 5.60 Å². The van der Waals surface area contributed by atoms with Gasteiger partial charge in [-0.05, 0) is 31.9 Å². The van der Waals surface area contributed by atoms with Gasteiger partial charge < -0.3 is 5.11 Å². The molecule has 1 rings (SSSR count). The van der Waals surface area contributed by atoms with E-state index in [2.05, 4.69) is 0 Å². The Morgan fingerprint density at radius 1 is 1.36 bits per heavy atom. The number of ketones is 1. The van der Waals surface area contributed by atoms with Crippen molar-refractivity contribution in [3.8, 4) is 0 Å². The number of aryl methyl sites for hydroxylation is 1. The quantitative estimate of drug-likeness (QED) is 0.794. The first-order valence-corrected chi connectivity index (χ1v) is 4.71. The summed E-state index contributed by atoms with van der Waals surface area (Å²) >= 11 is 0. The molecule has 0 spiro atoms. The lowest BCUT2D eigenvalue weighted by atomic mass is 9.95. The van der Waals surface area contributed by atoms with Crippen LogP contribution in [0.4, 0.5) is 0 Å². The molecular weight excluding hydrogens is 176 g/mol. The van der Waals surface area contributed by atoms with Crippen LogP contribution in [0, 0.1) is 6.92 Å². The van der Waals surface area contributed by atoms with E-state index < -0.39 is 5.60 Å².